The minimum absolute atomic E-state index is 0.537. The Labute approximate surface area is 138 Å². The molecule has 0 saturated heterocycles. The fourth-order valence-electron chi connectivity index (χ4n) is 2.28. The second kappa shape index (κ2) is 6.11. The molecule has 21 heavy (non-hydrogen) atoms. The van der Waals surface area contributed by atoms with Gasteiger partial charge in [0.1, 0.15) is 0 Å². The molecule has 0 aliphatic carbocycles. The third-order valence-corrected chi connectivity index (χ3v) is 4.10. The zero-order valence-corrected chi connectivity index (χ0v) is 13.3. The van der Waals surface area contributed by atoms with E-state index in [4.69, 9.17) is 34.8 Å². The molecule has 0 unspecified atom stereocenters. The molecule has 0 fully saturated rings. The molecule has 3 heteroatoms. The molecule has 0 aliphatic rings. The second-order valence-electron chi connectivity index (χ2n) is 4.69. The predicted octanol–water partition coefficient (Wildman–Crippen LogP) is 6.98. The van der Waals surface area contributed by atoms with Crippen LogP contribution in [0.5, 0.6) is 0 Å². The predicted molar refractivity (Wildman–Crippen MR) is 92.3 cm³/mol. The summed E-state index contributed by atoms with van der Waals surface area (Å²) in [7, 11) is 0. The van der Waals surface area contributed by atoms with E-state index in [0.29, 0.717) is 15.1 Å². The quantitative estimate of drug-likeness (QED) is 0.474. The van der Waals surface area contributed by atoms with Crippen LogP contribution in [0.15, 0.2) is 66.7 Å². The Balaban J connectivity index is 2.03. The van der Waals surface area contributed by atoms with Crippen LogP contribution >= 0.6 is 34.8 Å². The van der Waals surface area contributed by atoms with Crippen molar-refractivity contribution in [2.24, 2.45) is 0 Å². The molecule has 0 N–H and O–H groups in total. The van der Waals surface area contributed by atoms with Crippen molar-refractivity contribution in [1.82, 2.24) is 0 Å². The van der Waals surface area contributed by atoms with Gasteiger partial charge in [-0.15, -0.1) is 0 Å². The van der Waals surface area contributed by atoms with Gasteiger partial charge in [-0.3, -0.25) is 0 Å². The molecule has 3 rings (SSSR count). The van der Waals surface area contributed by atoms with E-state index in [2.05, 4.69) is 24.3 Å². The average molecular weight is 334 g/mol. The first kappa shape index (κ1) is 14.5. The molecular weight excluding hydrogens is 323 g/mol. The maximum absolute atomic E-state index is 6.26. The van der Waals surface area contributed by atoms with E-state index in [0.717, 1.165) is 16.7 Å². The Kier molecular flexibility index (Phi) is 4.21. The van der Waals surface area contributed by atoms with Crippen molar-refractivity contribution < 1.29 is 0 Å². The highest BCUT2D eigenvalue weighted by Crippen LogP contribution is 2.37. The van der Waals surface area contributed by atoms with Crippen LogP contribution in [0.4, 0.5) is 0 Å². The van der Waals surface area contributed by atoms with E-state index in [1.165, 1.54) is 5.56 Å². The van der Waals surface area contributed by atoms with E-state index in [9.17, 15) is 0 Å². The van der Waals surface area contributed by atoms with Crippen LogP contribution in [0, 0.1) is 0 Å². The maximum Gasteiger partial charge on any atom is 0.0514 e. The SMILES string of the molecule is Clc1cc(Cl)c(-c2ccc(-c3ccccc3)cc2)c(Cl)c1. The van der Waals surface area contributed by atoms with Crippen LogP contribution in [0.25, 0.3) is 22.3 Å². The van der Waals surface area contributed by atoms with E-state index >= 15 is 0 Å². The topological polar surface area (TPSA) is 0 Å². The first-order valence-corrected chi connectivity index (χ1v) is 7.59. The minimum atomic E-state index is 0.537. The molecule has 0 heterocycles. The van der Waals surface area contributed by atoms with Crippen LogP contribution in [0.1, 0.15) is 0 Å². The Hall–Kier alpha value is -1.47. The lowest BCUT2D eigenvalue weighted by Gasteiger charge is -2.09. The van der Waals surface area contributed by atoms with Crippen molar-refractivity contribution in [1.29, 1.82) is 0 Å². The summed E-state index contributed by atoms with van der Waals surface area (Å²) in [6.07, 6.45) is 0. The summed E-state index contributed by atoms with van der Waals surface area (Å²) >= 11 is 18.5. The summed E-state index contributed by atoms with van der Waals surface area (Å²) in [5.41, 5.74) is 4.11. The van der Waals surface area contributed by atoms with Crippen LogP contribution < -0.4 is 0 Å². The van der Waals surface area contributed by atoms with Crippen molar-refractivity contribution in [2.45, 2.75) is 0 Å². The molecule has 0 amide bonds. The molecule has 0 atom stereocenters. The van der Waals surface area contributed by atoms with E-state index in [-0.39, 0.29) is 0 Å². The third kappa shape index (κ3) is 3.08. The Bertz CT molecular complexity index is 739. The summed E-state index contributed by atoms with van der Waals surface area (Å²) in [6.45, 7) is 0. The molecule has 0 bridgehead atoms. The number of rotatable bonds is 2. The lowest BCUT2D eigenvalue weighted by atomic mass is 10.0. The van der Waals surface area contributed by atoms with E-state index in [1.54, 1.807) is 12.1 Å². The summed E-state index contributed by atoms with van der Waals surface area (Å²) in [5, 5.41) is 1.65. The van der Waals surface area contributed by atoms with Crippen molar-refractivity contribution in [3.63, 3.8) is 0 Å². The van der Waals surface area contributed by atoms with Gasteiger partial charge >= 0.3 is 0 Å². The molecule has 0 aliphatic heterocycles. The molecule has 0 radical (unpaired) electrons. The standard InChI is InChI=1S/C18H11Cl3/c19-15-10-16(20)18(17(21)11-15)14-8-6-13(7-9-14)12-4-2-1-3-5-12/h1-11H. The van der Waals surface area contributed by atoms with Crippen molar-refractivity contribution >= 4 is 34.8 Å². The smallest absolute Gasteiger partial charge is 0.0514 e. The van der Waals surface area contributed by atoms with Gasteiger partial charge in [0.05, 0.1) is 10.0 Å². The number of benzene rings is 3. The Morgan fingerprint density at radius 1 is 0.524 bits per heavy atom. The van der Waals surface area contributed by atoms with E-state index in [1.807, 2.05) is 30.3 Å². The van der Waals surface area contributed by atoms with Crippen molar-refractivity contribution in [3.8, 4) is 22.3 Å². The molecule has 0 nitrogen and oxygen atoms in total. The molecule has 0 saturated carbocycles. The van der Waals surface area contributed by atoms with Gasteiger partial charge < -0.3 is 0 Å². The second-order valence-corrected chi connectivity index (χ2v) is 5.94. The summed E-state index contributed by atoms with van der Waals surface area (Å²) in [5.74, 6) is 0. The van der Waals surface area contributed by atoms with Gasteiger partial charge in [0, 0.05) is 10.6 Å². The zero-order valence-electron chi connectivity index (χ0n) is 11.0. The number of hydrogen-bond acceptors (Lipinski definition) is 0. The lowest BCUT2D eigenvalue weighted by molar-refractivity contribution is 1.59. The first-order valence-electron chi connectivity index (χ1n) is 6.45. The van der Waals surface area contributed by atoms with Gasteiger partial charge in [-0.2, -0.15) is 0 Å². The van der Waals surface area contributed by atoms with Gasteiger partial charge in [0.15, 0.2) is 0 Å². The van der Waals surface area contributed by atoms with Gasteiger partial charge in [-0.1, -0.05) is 89.4 Å². The molecule has 0 spiro atoms. The first-order chi connectivity index (χ1) is 10.1. The molecule has 3 aromatic carbocycles. The van der Waals surface area contributed by atoms with Gasteiger partial charge in [0.2, 0.25) is 0 Å². The van der Waals surface area contributed by atoms with Crippen LogP contribution in [0.2, 0.25) is 15.1 Å². The Morgan fingerprint density at radius 3 is 1.57 bits per heavy atom. The van der Waals surface area contributed by atoms with Crippen molar-refractivity contribution in [2.75, 3.05) is 0 Å². The minimum Gasteiger partial charge on any atom is -0.0842 e. The summed E-state index contributed by atoms with van der Waals surface area (Å²) in [4.78, 5) is 0. The monoisotopic (exact) mass is 332 g/mol. The van der Waals surface area contributed by atoms with Gasteiger partial charge in [-0.25, -0.2) is 0 Å². The summed E-state index contributed by atoms with van der Waals surface area (Å²) in [6, 6.07) is 21.8. The third-order valence-electron chi connectivity index (χ3n) is 3.29. The van der Waals surface area contributed by atoms with E-state index < -0.39 is 0 Å². The number of halogens is 3. The molecule has 3 aromatic rings. The van der Waals surface area contributed by atoms with Crippen LogP contribution in [-0.2, 0) is 0 Å². The fraction of sp³-hybridized carbons (Fsp3) is 0. The Morgan fingerprint density at radius 2 is 1.00 bits per heavy atom. The van der Waals surface area contributed by atoms with Crippen LogP contribution in [0.3, 0.4) is 0 Å². The van der Waals surface area contributed by atoms with Gasteiger partial charge in [-0.05, 0) is 28.8 Å². The highest BCUT2D eigenvalue weighted by atomic mass is 35.5. The highest BCUT2D eigenvalue weighted by molar-refractivity contribution is 6.41. The highest BCUT2D eigenvalue weighted by Gasteiger charge is 2.10. The number of hydrogen-bond donors (Lipinski definition) is 0. The fourth-order valence-corrected chi connectivity index (χ4v) is 3.31. The largest absolute Gasteiger partial charge is 0.0842 e. The summed E-state index contributed by atoms with van der Waals surface area (Å²) < 4.78 is 0. The molecular formula is C18H11Cl3. The van der Waals surface area contributed by atoms with Gasteiger partial charge in [0.25, 0.3) is 0 Å². The maximum atomic E-state index is 6.26. The molecule has 104 valence electrons. The molecule has 0 aromatic heterocycles. The lowest BCUT2D eigenvalue weighted by Crippen LogP contribution is -1.83. The normalized spacial score (nSPS) is 10.6. The average Bonchev–Trinajstić information content (AvgIpc) is 2.48. The van der Waals surface area contributed by atoms with Crippen molar-refractivity contribution in [3.05, 3.63) is 81.8 Å². The zero-order chi connectivity index (χ0) is 14.8. The van der Waals surface area contributed by atoms with Crippen LogP contribution in [-0.4, -0.2) is 0 Å².